The average molecular weight is 422 g/mol. The lowest BCUT2D eigenvalue weighted by atomic mass is 10.1. The summed E-state index contributed by atoms with van der Waals surface area (Å²) >= 11 is 3.40. The Morgan fingerprint density at radius 1 is 1.07 bits per heavy atom. The number of ketones is 1. The van der Waals surface area contributed by atoms with E-state index in [0.29, 0.717) is 11.3 Å². The van der Waals surface area contributed by atoms with Crippen LogP contribution in [0.4, 0.5) is 5.69 Å². The molecule has 1 N–H and O–H groups in total. The molecule has 0 aliphatic rings. The van der Waals surface area contributed by atoms with Gasteiger partial charge in [0.15, 0.2) is 0 Å². The van der Waals surface area contributed by atoms with Crippen LogP contribution in [0.3, 0.4) is 0 Å². The second-order valence-electron chi connectivity index (χ2n) is 5.98. The van der Waals surface area contributed by atoms with Crippen LogP contribution in [-0.2, 0) is 4.79 Å². The van der Waals surface area contributed by atoms with Crippen molar-refractivity contribution in [2.45, 2.75) is 13.8 Å². The third kappa shape index (κ3) is 3.55. The van der Waals surface area contributed by atoms with Crippen molar-refractivity contribution in [2.24, 2.45) is 0 Å². The standard InChI is InChI=1S/C21H16BrN3O2/c1-13-18(12-23)19(24-14(2)26)20(21(27)15-6-4-3-5-7-15)25(13)17-10-8-16(22)9-11-17/h3-11H,1-2H3,(H,24,26). The van der Waals surface area contributed by atoms with Crippen molar-refractivity contribution in [2.75, 3.05) is 5.32 Å². The summed E-state index contributed by atoms with van der Waals surface area (Å²) in [5.74, 6) is -0.617. The van der Waals surface area contributed by atoms with E-state index in [1.807, 2.05) is 30.3 Å². The molecule has 0 unspecified atom stereocenters. The number of nitrogens with one attached hydrogen (secondary N) is 1. The van der Waals surface area contributed by atoms with E-state index in [0.717, 1.165) is 10.2 Å². The quantitative estimate of drug-likeness (QED) is 0.624. The van der Waals surface area contributed by atoms with Gasteiger partial charge in [-0.1, -0.05) is 46.3 Å². The Bertz CT molecular complexity index is 1060. The molecule has 1 aromatic heterocycles. The number of aromatic nitrogens is 1. The lowest BCUT2D eigenvalue weighted by Gasteiger charge is -2.13. The summed E-state index contributed by atoms with van der Waals surface area (Å²) < 4.78 is 2.61. The molecule has 1 heterocycles. The van der Waals surface area contributed by atoms with Crippen LogP contribution < -0.4 is 5.32 Å². The van der Waals surface area contributed by atoms with Gasteiger partial charge in [-0.25, -0.2) is 0 Å². The predicted molar refractivity (Wildman–Crippen MR) is 107 cm³/mol. The van der Waals surface area contributed by atoms with Crippen molar-refractivity contribution in [3.63, 3.8) is 0 Å². The van der Waals surface area contributed by atoms with Gasteiger partial charge in [0, 0.05) is 28.3 Å². The largest absolute Gasteiger partial charge is 0.323 e. The van der Waals surface area contributed by atoms with Gasteiger partial charge >= 0.3 is 0 Å². The Balaban J connectivity index is 2.33. The first kappa shape index (κ1) is 18.6. The van der Waals surface area contributed by atoms with Gasteiger partial charge in [-0.05, 0) is 31.2 Å². The smallest absolute Gasteiger partial charge is 0.221 e. The summed E-state index contributed by atoms with van der Waals surface area (Å²) in [6.45, 7) is 3.11. The first-order valence-corrected chi connectivity index (χ1v) is 9.02. The summed E-state index contributed by atoms with van der Waals surface area (Å²) in [5, 5.41) is 12.3. The summed E-state index contributed by atoms with van der Waals surface area (Å²) in [4.78, 5) is 25.0. The lowest BCUT2D eigenvalue weighted by molar-refractivity contribution is -0.114. The summed E-state index contributed by atoms with van der Waals surface area (Å²) in [5.41, 5.74) is 2.55. The van der Waals surface area contributed by atoms with Gasteiger partial charge in [0.2, 0.25) is 11.7 Å². The van der Waals surface area contributed by atoms with E-state index in [4.69, 9.17) is 0 Å². The molecule has 3 aromatic rings. The van der Waals surface area contributed by atoms with E-state index in [2.05, 4.69) is 27.3 Å². The monoisotopic (exact) mass is 421 g/mol. The molecule has 0 radical (unpaired) electrons. The number of halogens is 1. The number of rotatable bonds is 4. The molecule has 0 fully saturated rings. The Morgan fingerprint density at radius 3 is 2.26 bits per heavy atom. The van der Waals surface area contributed by atoms with Crippen molar-refractivity contribution in [1.82, 2.24) is 4.57 Å². The summed E-state index contributed by atoms with van der Waals surface area (Å²) in [6.07, 6.45) is 0. The molecule has 6 heteroatoms. The normalized spacial score (nSPS) is 10.3. The fourth-order valence-corrected chi connectivity index (χ4v) is 3.24. The zero-order chi connectivity index (χ0) is 19.6. The minimum atomic E-state index is -0.346. The molecule has 0 saturated carbocycles. The molecular formula is C21H16BrN3O2. The highest BCUT2D eigenvalue weighted by Gasteiger charge is 2.27. The van der Waals surface area contributed by atoms with E-state index >= 15 is 0 Å². The van der Waals surface area contributed by atoms with Crippen LogP contribution in [0.25, 0.3) is 5.69 Å². The Labute approximate surface area is 165 Å². The molecule has 0 bridgehead atoms. The number of hydrogen-bond donors (Lipinski definition) is 1. The van der Waals surface area contributed by atoms with Crippen LogP contribution in [0.1, 0.15) is 34.2 Å². The maximum absolute atomic E-state index is 13.3. The van der Waals surface area contributed by atoms with Gasteiger partial charge in [-0.15, -0.1) is 0 Å². The van der Waals surface area contributed by atoms with Crippen LogP contribution in [0.15, 0.2) is 59.1 Å². The van der Waals surface area contributed by atoms with Gasteiger partial charge in [0.25, 0.3) is 0 Å². The van der Waals surface area contributed by atoms with Crippen molar-refractivity contribution >= 4 is 33.3 Å². The number of nitrogens with zero attached hydrogens (tertiary/aromatic N) is 2. The molecule has 0 atom stereocenters. The van der Waals surface area contributed by atoms with Gasteiger partial charge in [0.05, 0.1) is 11.3 Å². The van der Waals surface area contributed by atoms with Gasteiger partial charge in [0.1, 0.15) is 11.8 Å². The van der Waals surface area contributed by atoms with Crippen LogP contribution in [0, 0.1) is 18.3 Å². The number of anilines is 1. The molecule has 5 nitrogen and oxygen atoms in total. The lowest BCUT2D eigenvalue weighted by Crippen LogP contribution is -2.15. The molecule has 0 aliphatic carbocycles. The Hall–Kier alpha value is -3.17. The molecule has 134 valence electrons. The highest BCUT2D eigenvalue weighted by atomic mass is 79.9. The molecular weight excluding hydrogens is 406 g/mol. The number of carbonyl (C=O) groups excluding carboxylic acids is 2. The molecule has 2 aromatic carbocycles. The third-order valence-corrected chi connectivity index (χ3v) is 4.69. The van der Waals surface area contributed by atoms with Crippen LogP contribution >= 0.6 is 15.9 Å². The highest BCUT2D eigenvalue weighted by molar-refractivity contribution is 9.10. The fraction of sp³-hybridized carbons (Fsp3) is 0.0952. The third-order valence-electron chi connectivity index (χ3n) is 4.16. The minimum Gasteiger partial charge on any atom is -0.323 e. The predicted octanol–water partition coefficient (Wildman–Crippen LogP) is 4.61. The second-order valence-corrected chi connectivity index (χ2v) is 6.90. The van der Waals surface area contributed by atoms with E-state index in [-0.39, 0.29) is 28.6 Å². The molecule has 0 saturated heterocycles. The SMILES string of the molecule is CC(=O)Nc1c(C#N)c(C)n(-c2ccc(Br)cc2)c1C(=O)c1ccccc1. The van der Waals surface area contributed by atoms with Gasteiger partial charge in [-0.3, -0.25) is 9.59 Å². The Kier molecular flexibility index (Phi) is 5.24. The zero-order valence-electron chi connectivity index (χ0n) is 14.8. The number of carbonyl (C=O) groups is 2. The van der Waals surface area contributed by atoms with Crippen molar-refractivity contribution in [1.29, 1.82) is 5.26 Å². The summed E-state index contributed by atoms with van der Waals surface area (Å²) in [7, 11) is 0. The van der Waals surface area contributed by atoms with Crippen LogP contribution in [0.2, 0.25) is 0 Å². The van der Waals surface area contributed by atoms with Crippen molar-refractivity contribution < 1.29 is 9.59 Å². The van der Waals surface area contributed by atoms with Crippen LogP contribution in [0.5, 0.6) is 0 Å². The highest BCUT2D eigenvalue weighted by Crippen LogP contribution is 2.33. The van der Waals surface area contributed by atoms with E-state index in [1.54, 1.807) is 35.8 Å². The first-order valence-electron chi connectivity index (χ1n) is 8.22. The number of hydrogen-bond acceptors (Lipinski definition) is 3. The molecule has 0 aliphatic heterocycles. The maximum Gasteiger partial charge on any atom is 0.221 e. The van der Waals surface area contributed by atoms with Crippen molar-refractivity contribution in [3.05, 3.63) is 81.6 Å². The Morgan fingerprint density at radius 2 is 1.70 bits per heavy atom. The minimum absolute atomic E-state index is 0.235. The van der Waals surface area contributed by atoms with Gasteiger partial charge < -0.3 is 9.88 Å². The second kappa shape index (κ2) is 7.60. The topological polar surface area (TPSA) is 74.9 Å². The molecule has 1 amide bonds. The van der Waals surface area contributed by atoms with Gasteiger partial charge in [-0.2, -0.15) is 5.26 Å². The number of amides is 1. The van der Waals surface area contributed by atoms with E-state index < -0.39 is 0 Å². The van der Waals surface area contributed by atoms with Crippen molar-refractivity contribution in [3.8, 4) is 11.8 Å². The zero-order valence-corrected chi connectivity index (χ0v) is 16.4. The first-order chi connectivity index (χ1) is 12.9. The molecule has 3 rings (SSSR count). The maximum atomic E-state index is 13.3. The fourth-order valence-electron chi connectivity index (χ4n) is 2.98. The van der Waals surface area contributed by atoms with E-state index in [1.165, 1.54) is 6.92 Å². The molecule has 27 heavy (non-hydrogen) atoms. The molecule has 0 spiro atoms. The number of benzene rings is 2. The van der Waals surface area contributed by atoms with Crippen LogP contribution in [-0.4, -0.2) is 16.3 Å². The summed E-state index contributed by atoms with van der Waals surface area (Å²) in [6, 6.07) is 18.3. The average Bonchev–Trinajstić information content (AvgIpc) is 2.93. The van der Waals surface area contributed by atoms with E-state index in [9.17, 15) is 14.9 Å². The number of nitriles is 1.